The number of carbonyl (C=O) groups excluding carboxylic acids is 1. The number of nitrogens with one attached hydrogen (secondary N) is 1. The van der Waals surface area contributed by atoms with Gasteiger partial charge in [-0.15, -0.1) is 0 Å². The maximum Gasteiger partial charge on any atom is 0.305 e. The molecule has 14 heavy (non-hydrogen) atoms. The summed E-state index contributed by atoms with van der Waals surface area (Å²) in [7, 11) is 0. The predicted octanol–water partition coefficient (Wildman–Crippen LogP) is 1.61. The predicted molar refractivity (Wildman–Crippen MR) is 47.5 cm³/mol. The van der Waals surface area contributed by atoms with Gasteiger partial charge >= 0.3 is 5.69 Å². The molecule has 0 atom stereocenters. The lowest BCUT2D eigenvalue weighted by Gasteiger charge is -2.04. The Labute approximate surface area is 78.7 Å². The quantitative estimate of drug-likeness (QED) is 0.455. The maximum atomic E-state index is 13.2. The number of rotatable bonds is 3. The Kier molecular flexibility index (Phi) is 2.76. The van der Waals surface area contributed by atoms with Crippen molar-refractivity contribution < 1.29 is 14.1 Å². The number of nitro benzene ring substituents is 1. The average Bonchev–Trinajstić information content (AvgIpc) is 2.13. The molecule has 0 aliphatic heterocycles. The summed E-state index contributed by atoms with van der Waals surface area (Å²) in [5, 5.41) is 12.6. The molecule has 0 aliphatic rings. The zero-order chi connectivity index (χ0) is 10.7. The Morgan fingerprint density at radius 2 is 2.21 bits per heavy atom. The van der Waals surface area contributed by atoms with E-state index in [0.29, 0.717) is 6.41 Å². The summed E-state index contributed by atoms with van der Waals surface area (Å²) in [6.45, 7) is 1.36. The molecule has 0 fully saturated rings. The second kappa shape index (κ2) is 3.82. The van der Waals surface area contributed by atoms with E-state index in [1.165, 1.54) is 13.0 Å². The second-order valence-corrected chi connectivity index (χ2v) is 2.59. The molecule has 1 rings (SSSR count). The SMILES string of the molecule is Cc1c(NC=O)ccc([N+](=O)[O-])c1F. The molecule has 0 bridgehead atoms. The van der Waals surface area contributed by atoms with Crippen LogP contribution in [-0.4, -0.2) is 11.3 Å². The van der Waals surface area contributed by atoms with Gasteiger partial charge in [-0.2, -0.15) is 4.39 Å². The largest absolute Gasteiger partial charge is 0.328 e. The Hall–Kier alpha value is -1.98. The lowest BCUT2D eigenvalue weighted by Crippen LogP contribution is -2.01. The fourth-order valence-electron chi connectivity index (χ4n) is 1.03. The van der Waals surface area contributed by atoms with Gasteiger partial charge in [0.15, 0.2) is 0 Å². The molecule has 0 aromatic heterocycles. The monoisotopic (exact) mass is 198 g/mol. The van der Waals surface area contributed by atoms with Gasteiger partial charge in [-0.05, 0) is 13.0 Å². The normalized spacial score (nSPS) is 9.57. The van der Waals surface area contributed by atoms with E-state index in [9.17, 15) is 19.3 Å². The van der Waals surface area contributed by atoms with Gasteiger partial charge in [0.1, 0.15) is 0 Å². The Balaban J connectivity index is 3.25. The first kappa shape index (κ1) is 10.1. The number of hydrogen-bond donors (Lipinski definition) is 1. The van der Waals surface area contributed by atoms with Crippen molar-refractivity contribution in [2.45, 2.75) is 6.92 Å². The van der Waals surface area contributed by atoms with E-state index in [2.05, 4.69) is 5.32 Å². The number of hydrogen-bond acceptors (Lipinski definition) is 3. The van der Waals surface area contributed by atoms with Crippen LogP contribution in [0.2, 0.25) is 0 Å². The van der Waals surface area contributed by atoms with Gasteiger partial charge in [0, 0.05) is 17.3 Å². The van der Waals surface area contributed by atoms with Crippen molar-refractivity contribution in [3.63, 3.8) is 0 Å². The highest BCUT2D eigenvalue weighted by Crippen LogP contribution is 2.25. The molecule has 1 aromatic rings. The summed E-state index contributed by atoms with van der Waals surface area (Å²) in [5.41, 5.74) is -0.326. The lowest BCUT2D eigenvalue weighted by atomic mass is 10.1. The number of nitrogens with zero attached hydrogens (tertiary/aromatic N) is 1. The van der Waals surface area contributed by atoms with E-state index in [0.717, 1.165) is 6.07 Å². The molecule has 74 valence electrons. The third-order valence-electron chi connectivity index (χ3n) is 1.78. The molecular formula is C8H7FN2O3. The van der Waals surface area contributed by atoms with E-state index in [4.69, 9.17) is 0 Å². The van der Waals surface area contributed by atoms with Crippen LogP contribution in [0, 0.1) is 22.9 Å². The van der Waals surface area contributed by atoms with Gasteiger partial charge in [-0.3, -0.25) is 14.9 Å². The summed E-state index contributed by atoms with van der Waals surface area (Å²) < 4.78 is 13.2. The molecule has 6 heteroatoms. The molecule has 0 spiro atoms. The molecule has 5 nitrogen and oxygen atoms in total. The summed E-state index contributed by atoms with van der Waals surface area (Å²) in [5.74, 6) is -0.929. The molecule has 0 saturated heterocycles. The van der Waals surface area contributed by atoms with Crippen molar-refractivity contribution in [1.29, 1.82) is 0 Å². The molecule has 1 N–H and O–H groups in total. The van der Waals surface area contributed by atoms with Crippen LogP contribution in [0.5, 0.6) is 0 Å². The topological polar surface area (TPSA) is 72.2 Å². The summed E-state index contributed by atoms with van der Waals surface area (Å²) in [6, 6.07) is 2.29. The molecule has 0 unspecified atom stereocenters. The lowest BCUT2D eigenvalue weighted by molar-refractivity contribution is -0.387. The van der Waals surface area contributed by atoms with Crippen molar-refractivity contribution in [3.05, 3.63) is 33.6 Å². The smallest absolute Gasteiger partial charge is 0.305 e. The summed E-state index contributed by atoms with van der Waals surface area (Å²) >= 11 is 0. The molecule has 1 aromatic carbocycles. The minimum absolute atomic E-state index is 0.0475. The first-order valence-electron chi connectivity index (χ1n) is 3.71. The first-order chi connectivity index (χ1) is 6.57. The Morgan fingerprint density at radius 3 is 2.71 bits per heavy atom. The van der Waals surface area contributed by atoms with Crippen LogP contribution < -0.4 is 5.32 Å². The van der Waals surface area contributed by atoms with E-state index in [1.54, 1.807) is 0 Å². The fraction of sp³-hybridized carbons (Fsp3) is 0.125. The fourth-order valence-corrected chi connectivity index (χ4v) is 1.03. The number of anilines is 1. The highest BCUT2D eigenvalue weighted by Gasteiger charge is 2.17. The van der Waals surface area contributed by atoms with Gasteiger partial charge in [0.2, 0.25) is 12.2 Å². The molecule has 0 radical (unpaired) electrons. The zero-order valence-corrected chi connectivity index (χ0v) is 7.28. The van der Waals surface area contributed by atoms with E-state index < -0.39 is 16.4 Å². The zero-order valence-electron chi connectivity index (χ0n) is 7.28. The van der Waals surface area contributed by atoms with Gasteiger partial charge in [0.05, 0.1) is 4.92 Å². The minimum Gasteiger partial charge on any atom is -0.328 e. The standard InChI is InChI=1S/C8H7FN2O3/c1-5-6(10-4-12)2-3-7(8(5)9)11(13)14/h2-4H,1H3,(H,10,12). The first-order valence-corrected chi connectivity index (χ1v) is 3.71. The van der Waals surface area contributed by atoms with E-state index in [1.807, 2.05) is 0 Å². The average molecular weight is 198 g/mol. The third kappa shape index (κ3) is 1.68. The summed E-state index contributed by atoms with van der Waals surface area (Å²) in [6.07, 6.45) is 0.383. The van der Waals surface area contributed by atoms with Crippen LogP contribution >= 0.6 is 0 Å². The number of halogens is 1. The number of nitro groups is 1. The minimum atomic E-state index is -0.929. The third-order valence-corrected chi connectivity index (χ3v) is 1.78. The van der Waals surface area contributed by atoms with Crippen molar-refractivity contribution in [1.82, 2.24) is 0 Å². The molecule has 0 aliphatic carbocycles. The van der Waals surface area contributed by atoms with Gasteiger partial charge in [-0.1, -0.05) is 0 Å². The molecule has 1 amide bonds. The molecule has 0 heterocycles. The van der Waals surface area contributed by atoms with Crippen molar-refractivity contribution in [2.24, 2.45) is 0 Å². The second-order valence-electron chi connectivity index (χ2n) is 2.59. The van der Waals surface area contributed by atoms with E-state index in [-0.39, 0.29) is 11.3 Å². The van der Waals surface area contributed by atoms with Crippen LogP contribution in [0.3, 0.4) is 0 Å². The van der Waals surface area contributed by atoms with Gasteiger partial charge in [0.25, 0.3) is 0 Å². The number of carbonyl (C=O) groups is 1. The highest BCUT2D eigenvalue weighted by molar-refractivity contribution is 5.74. The van der Waals surface area contributed by atoms with Crippen LogP contribution in [0.4, 0.5) is 15.8 Å². The molecule has 0 saturated carbocycles. The summed E-state index contributed by atoms with van der Waals surface area (Å²) in [4.78, 5) is 19.6. The Bertz CT molecular complexity index is 392. The van der Waals surface area contributed by atoms with Crippen LogP contribution in [0.25, 0.3) is 0 Å². The number of benzene rings is 1. The van der Waals surface area contributed by atoms with E-state index >= 15 is 0 Å². The van der Waals surface area contributed by atoms with Crippen molar-refractivity contribution in [2.75, 3.05) is 5.32 Å². The van der Waals surface area contributed by atoms with Gasteiger partial charge < -0.3 is 5.32 Å². The van der Waals surface area contributed by atoms with Crippen molar-refractivity contribution >= 4 is 17.8 Å². The Morgan fingerprint density at radius 1 is 1.57 bits per heavy atom. The number of amides is 1. The highest BCUT2D eigenvalue weighted by atomic mass is 19.1. The van der Waals surface area contributed by atoms with Crippen LogP contribution in [0.1, 0.15) is 5.56 Å². The molecular weight excluding hydrogens is 191 g/mol. The van der Waals surface area contributed by atoms with Gasteiger partial charge in [-0.25, -0.2) is 0 Å². The van der Waals surface area contributed by atoms with Crippen molar-refractivity contribution in [3.8, 4) is 0 Å². The van der Waals surface area contributed by atoms with Crippen LogP contribution in [0.15, 0.2) is 12.1 Å². The van der Waals surface area contributed by atoms with Crippen LogP contribution in [-0.2, 0) is 4.79 Å². The maximum absolute atomic E-state index is 13.2.